The molecule has 2 aromatic rings. The van der Waals surface area contributed by atoms with Gasteiger partial charge in [0, 0.05) is 61.4 Å². The maximum absolute atomic E-state index is 13.3. The zero-order chi connectivity index (χ0) is 20.2. The Morgan fingerprint density at radius 1 is 0.966 bits per heavy atom. The van der Waals surface area contributed by atoms with E-state index < -0.39 is 11.6 Å². The molecule has 2 saturated heterocycles. The highest BCUT2D eigenvalue weighted by molar-refractivity contribution is 7.99. The van der Waals surface area contributed by atoms with Crippen LogP contribution in [0.4, 0.5) is 26.1 Å². The van der Waals surface area contributed by atoms with Gasteiger partial charge in [0.2, 0.25) is 5.91 Å². The lowest BCUT2D eigenvalue weighted by molar-refractivity contribution is -0.120. The lowest BCUT2D eigenvalue weighted by atomic mass is 9.96. The van der Waals surface area contributed by atoms with Crippen molar-refractivity contribution in [3.05, 3.63) is 42.2 Å². The van der Waals surface area contributed by atoms with Crippen LogP contribution in [0.25, 0.3) is 0 Å². The first-order valence-electron chi connectivity index (χ1n) is 9.76. The van der Waals surface area contributed by atoms with E-state index in [9.17, 15) is 13.6 Å². The molecule has 9 heteroatoms. The third kappa shape index (κ3) is 4.77. The Kier molecular flexibility index (Phi) is 6.13. The number of amides is 1. The largest absolute Gasteiger partial charge is 0.356 e. The van der Waals surface area contributed by atoms with Crippen molar-refractivity contribution in [1.29, 1.82) is 0 Å². The number of anilines is 3. The van der Waals surface area contributed by atoms with Gasteiger partial charge in [-0.05, 0) is 25.0 Å². The fourth-order valence-electron chi connectivity index (χ4n) is 3.66. The smallest absolute Gasteiger partial charge is 0.227 e. The number of benzene rings is 1. The minimum atomic E-state index is -0.968. The van der Waals surface area contributed by atoms with Crippen LogP contribution >= 0.6 is 11.8 Å². The highest BCUT2D eigenvalue weighted by Gasteiger charge is 2.26. The molecule has 6 nitrogen and oxygen atoms in total. The molecule has 1 N–H and O–H groups in total. The van der Waals surface area contributed by atoms with Gasteiger partial charge in [-0.3, -0.25) is 4.79 Å². The number of carbonyl (C=O) groups excluding carboxylic acids is 1. The molecule has 2 aliphatic rings. The second-order valence-corrected chi connectivity index (χ2v) is 8.44. The molecule has 29 heavy (non-hydrogen) atoms. The van der Waals surface area contributed by atoms with Crippen LogP contribution in [0.3, 0.4) is 0 Å². The van der Waals surface area contributed by atoms with Crippen LogP contribution in [0.15, 0.2) is 30.6 Å². The number of piperidine rings is 1. The normalized spacial score (nSPS) is 18.0. The lowest BCUT2D eigenvalue weighted by Gasteiger charge is -2.33. The molecular weight excluding hydrogens is 396 g/mol. The minimum Gasteiger partial charge on any atom is -0.356 e. The summed E-state index contributed by atoms with van der Waals surface area (Å²) in [5.41, 5.74) is 0.275. The number of carbonyl (C=O) groups is 1. The van der Waals surface area contributed by atoms with E-state index in [-0.39, 0.29) is 17.5 Å². The van der Waals surface area contributed by atoms with E-state index in [1.807, 2.05) is 17.8 Å². The summed E-state index contributed by atoms with van der Waals surface area (Å²) in [5.74, 6) is 1.83. The second-order valence-electron chi connectivity index (χ2n) is 7.21. The average molecular weight is 420 g/mol. The number of nitrogens with one attached hydrogen (secondary N) is 1. The van der Waals surface area contributed by atoms with E-state index in [4.69, 9.17) is 0 Å². The highest BCUT2D eigenvalue weighted by atomic mass is 32.2. The Balaban J connectivity index is 1.34. The summed E-state index contributed by atoms with van der Waals surface area (Å²) >= 11 is 1.96. The summed E-state index contributed by atoms with van der Waals surface area (Å²) < 4.78 is 26.4. The topological polar surface area (TPSA) is 61.4 Å². The number of nitrogens with zero attached hydrogens (tertiary/aromatic N) is 4. The molecular formula is C20H23F2N5OS. The summed E-state index contributed by atoms with van der Waals surface area (Å²) in [7, 11) is 0. The number of aromatic nitrogens is 2. The van der Waals surface area contributed by atoms with Gasteiger partial charge in [-0.15, -0.1) is 0 Å². The predicted molar refractivity (Wildman–Crippen MR) is 111 cm³/mol. The molecule has 0 bridgehead atoms. The second kappa shape index (κ2) is 8.94. The average Bonchev–Trinajstić information content (AvgIpc) is 2.77. The number of hydrogen-bond acceptors (Lipinski definition) is 6. The van der Waals surface area contributed by atoms with Crippen molar-refractivity contribution in [3.63, 3.8) is 0 Å². The summed E-state index contributed by atoms with van der Waals surface area (Å²) in [6, 6.07) is 5.41. The van der Waals surface area contributed by atoms with Crippen molar-refractivity contribution in [1.82, 2.24) is 9.97 Å². The molecule has 0 saturated carbocycles. The van der Waals surface area contributed by atoms with E-state index >= 15 is 0 Å². The van der Waals surface area contributed by atoms with Crippen molar-refractivity contribution >= 4 is 35.0 Å². The van der Waals surface area contributed by atoms with Crippen LogP contribution in [-0.4, -0.2) is 53.6 Å². The minimum absolute atomic E-state index is 0.162. The molecule has 4 rings (SSSR count). The van der Waals surface area contributed by atoms with Crippen molar-refractivity contribution in [2.75, 3.05) is 52.8 Å². The van der Waals surface area contributed by atoms with Crippen molar-refractivity contribution in [2.24, 2.45) is 5.92 Å². The van der Waals surface area contributed by atoms with Gasteiger partial charge >= 0.3 is 0 Å². The van der Waals surface area contributed by atoms with Crippen molar-refractivity contribution in [2.45, 2.75) is 12.8 Å². The van der Waals surface area contributed by atoms with Crippen molar-refractivity contribution in [3.8, 4) is 0 Å². The highest BCUT2D eigenvalue weighted by Crippen LogP contribution is 2.26. The molecule has 2 fully saturated rings. The Hall–Kier alpha value is -2.42. The SMILES string of the molecule is O=C(Nc1ccc(F)c(F)c1)C1CCN(c2cc(N3CCSCC3)ncn2)CC1. The molecule has 1 aromatic carbocycles. The van der Waals surface area contributed by atoms with Crippen LogP contribution in [0.5, 0.6) is 0 Å². The van der Waals surface area contributed by atoms with Gasteiger partial charge in [0.15, 0.2) is 11.6 Å². The van der Waals surface area contributed by atoms with Crippen molar-refractivity contribution < 1.29 is 13.6 Å². The fraction of sp³-hybridized carbons (Fsp3) is 0.450. The van der Waals surface area contributed by atoms with Crippen LogP contribution < -0.4 is 15.1 Å². The molecule has 0 radical (unpaired) electrons. The molecule has 0 atom stereocenters. The summed E-state index contributed by atoms with van der Waals surface area (Å²) in [4.78, 5) is 25.8. The molecule has 2 aliphatic heterocycles. The van der Waals surface area contributed by atoms with Gasteiger partial charge in [-0.1, -0.05) is 0 Å². The molecule has 1 amide bonds. The van der Waals surface area contributed by atoms with Crippen LogP contribution in [-0.2, 0) is 4.79 Å². The van der Waals surface area contributed by atoms with E-state index in [0.29, 0.717) is 25.9 Å². The third-order valence-corrected chi connectivity index (χ3v) is 6.29. The lowest BCUT2D eigenvalue weighted by Crippen LogP contribution is -2.39. The Labute approximate surface area is 172 Å². The number of thioether (sulfide) groups is 1. The quantitative estimate of drug-likeness (QED) is 0.822. The summed E-state index contributed by atoms with van der Waals surface area (Å²) in [6.45, 7) is 3.41. The molecule has 0 spiro atoms. The third-order valence-electron chi connectivity index (χ3n) is 5.35. The van der Waals surface area contributed by atoms with Crippen LogP contribution in [0.2, 0.25) is 0 Å². The first kappa shape index (κ1) is 19.9. The maximum atomic E-state index is 13.3. The van der Waals surface area contributed by atoms with E-state index in [0.717, 1.165) is 48.4 Å². The molecule has 0 unspecified atom stereocenters. The zero-order valence-corrected chi connectivity index (χ0v) is 16.8. The van der Waals surface area contributed by atoms with Gasteiger partial charge in [-0.25, -0.2) is 18.7 Å². The molecule has 3 heterocycles. The standard InChI is InChI=1S/C20H23F2N5OS/c21-16-2-1-15(11-17(16)22)25-20(28)14-3-5-26(6-4-14)18-12-19(24-13-23-18)27-7-9-29-10-8-27/h1-2,11-14H,3-10H2,(H,25,28). The van der Waals surface area contributed by atoms with Gasteiger partial charge in [-0.2, -0.15) is 11.8 Å². The maximum Gasteiger partial charge on any atom is 0.227 e. The van der Waals surface area contributed by atoms with Crippen LogP contribution in [0.1, 0.15) is 12.8 Å². The van der Waals surface area contributed by atoms with Gasteiger partial charge in [0.05, 0.1) is 0 Å². The summed E-state index contributed by atoms with van der Waals surface area (Å²) in [6.07, 6.45) is 2.96. The molecule has 1 aromatic heterocycles. The Morgan fingerprint density at radius 3 is 2.28 bits per heavy atom. The zero-order valence-electron chi connectivity index (χ0n) is 16.0. The summed E-state index contributed by atoms with van der Waals surface area (Å²) in [5, 5.41) is 2.69. The monoisotopic (exact) mass is 419 g/mol. The van der Waals surface area contributed by atoms with E-state index in [2.05, 4.69) is 25.1 Å². The Bertz CT molecular complexity index is 870. The van der Waals surface area contributed by atoms with Gasteiger partial charge in [0.25, 0.3) is 0 Å². The predicted octanol–water partition coefficient (Wildman–Crippen LogP) is 3.16. The Morgan fingerprint density at radius 2 is 1.62 bits per heavy atom. The first-order chi connectivity index (χ1) is 14.1. The van der Waals surface area contributed by atoms with E-state index in [1.165, 1.54) is 6.07 Å². The van der Waals surface area contributed by atoms with Gasteiger partial charge in [0.1, 0.15) is 18.0 Å². The number of halogens is 2. The number of rotatable bonds is 4. The fourth-order valence-corrected chi connectivity index (χ4v) is 4.57. The molecule has 154 valence electrons. The number of hydrogen-bond donors (Lipinski definition) is 1. The van der Waals surface area contributed by atoms with Crippen LogP contribution in [0, 0.1) is 17.6 Å². The van der Waals surface area contributed by atoms with Gasteiger partial charge < -0.3 is 15.1 Å². The first-order valence-corrected chi connectivity index (χ1v) is 10.9. The molecule has 0 aliphatic carbocycles. The van der Waals surface area contributed by atoms with E-state index in [1.54, 1.807) is 6.33 Å².